The Balaban J connectivity index is 1.63. The van der Waals surface area contributed by atoms with E-state index in [4.69, 9.17) is 11.6 Å². The number of amides is 1. The standard InChI is InChI=1S/C22H16ClN3O3S/c23-15-5-3-6-16(12-15)26-21(28)20-18(9-11-30-20)25(22(26)29)13-19(27)24-10-8-14-4-1-2-7-17(14)24/h1-7,9,11-12H,8,10,13H2. The molecule has 0 aliphatic carbocycles. The fourth-order valence-corrected chi connectivity index (χ4v) is 4.91. The number of benzene rings is 2. The van der Waals surface area contributed by atoms with E-state index in [0.717, 1.165) is 22.2 Å². The first-order chi connectivity index (χ1) is 14.5. The normalized spacial score (nSPS) is 13.0. The molecule has 0 N–H and O–H groups in total. The van der Waals surface area contributed by atoms with Crippen LogP contribution in [0, 0.1) is 0 Å². The van der Waals surface area contributed by atoms with Gasteiger partial charge in [0.2, 0.25) is 5.91 Å². The van der Waals surface area contributed by atoms with Crippen LogP contribution in [-0.2, 0) is 17.8 Å². The Hall–Kier alpha value is -3.16. The molecule has 2 aromatic carbocycles. The summed E-state index contributed by atoms with van der Waals surface area (Å²) in [7, 11) is 0. The van der Waals surface area contributed by atoms with E-state index in [0.29, 0.717) is 27.5 Å². The maximum Gasteiger partial charge on any atom is 0.336 e. The van der Waals surface area contributed by atoms with E-state index in [2.05, 4.69) is 0 Å². The van der Waals surface area contributed by atoms with E-state index in [1.807, 2.05) is 24.3 Å². The molecule has 1 aliphatic rings. The van der Waals surface area contributed by atoms with Crippen LogP contribution in [0.15, 0.2) is 69.6 Å². The first-order valence-electron chi connectivity index (χ1n) is 9.42. The molecular weight excluding hydrogens is 422 g/mol. The number of aromatic nitrogens is 2. The number of fused-ring (bicyclic) bond motifs is 2. The summed E-state index contributed by atoms with van der Waals surface area (Å²) < 4.78 is 2.87. The SMILES string of the molecule is O=C(Cn1c(=O)n(-c2cccc(Cl)c2)c(=O)c2sccc21)N1CCc2ccccc21. The van der Waals surface area contributed by atoms with Crippen molar-refractivity contribution in [2.75, 3.05) is 11.4 Å². The predicted octanol–water partition coefficient (Wildman–Crippen LogP) is 3.46. The Bertz CT molecular complexity index is 1420. The van der Waals surface area contributed by atoms with E-state index in [1.54, 1.807) is 40.6 Å². The first kappa shape index (κ1) is 18.8. The molecule has 8 heteroatoms. The summed E-state index contributed by atoms with van der Waals surface area (Å²) in [6, 6.07) is 16.0. The van der Waals surface area contributed by atoms with Gasteiger partial charge in [-0.3, -0.25) is 14.2 Å². The second-order valence-electron chi connectivity index (χ2n) is 7.05. The minimum absolute atomic E-state index is 0.152. The molecule has 6 nitrogen and oxygen atoms in total. The number of hydrogen-bond acceptors (Lipinski definition) is 4. The van der Waals surface area contributed by atoms with Gasteiger partial charge in [0.1, 0.15) is 11.2 Å². The number of para-hydroxylation sites is 1. The van der Waals surface area contributed by atoms with Crippen molar-refractivity contribution in [1.29, 1.82) is 0 Å². The average Bonchev–Trinajstić information content (AvgIpc) is 3.39. The van der Waals surface area contributed by atoms with Gasteiger partial charge < -0.3 is 4.90 Å². The third kappa shape index (κ3) is 2.98. The van der Waals surface area contributed by atoms with E-state index in [9.17, 15) is 14.4 Å². The molecule has 0 atom stereocenters. The monoisotopic (exact) mass is 437 g/mol. The molecule has 3 heterocycles. The van der Waals surface area contributed by atoms with E-state index < -0.39 is 11.2 Å². The Morgan fingerprint density at radius 1 is 1.07 bits per heavy atom. The van der Waals surface area contributed by atoms with Crippen LogP contribution in [0.5, 0.6) is 0 Å². The van der Waals surface area contributed by atoms with Gasteiger partial charge >= 0.3 is 5.69 Å². The lowest BCUT2D eigenvalue weighted by molar-refractivity contribution is -0.119. The van der Waals surface area contributed by atoms with Crippen molar-refractivity contribution in [3.8, 4) is 5.69 Å². The fraction of sp³-hybridized carbons (Fsp3) is 0.136. The summed E-state index contributed by atoms with van der Waals surface area (Å²) in [6.07, 6.45) is 0.784. The van der Waals surface area contributed by atoms with Crippen molar-refractivity contribution < 1.29 is 4.79 Å². The molecule has 0 unspecified atom stereocenters. The largest absolute Gasteiger partial charge is 0.336 e. The van der Waals surface area contributed by atoms with Crippen molar-refractivity contribution in [2.24, 2.45) is 0 Å². The highest BCUT2D eigenvalue weighted by molar-refractivity contribution is 7.17. The molecule has 0 spiro atoms. The summed E-state index contributed by atoms with van der Waals surface area (Å²) in [4.78, 5) is 41.2. The zero-order chi connectivity index (χ0) is 20.8. The summed E-state index contributed by atoms with van der Waals surface area (Å²) in [5.41, 5.74) is 1.86. The average molecular weight is 438 g/mol. The quantitative estimate of drug-likeness (QED) is 0.493. The molecule has 0 bridgehead atoms. The van der Waals surface area contributed by atoms with Crippen LogP contribution >= 0.6 is 22.9 Å². The Morgan fingerprint density at radius 3 is 2.73 bits per heavy atom. The highest BCUT2D eigenvalue weighted by atomic mass is 35.5. The van der Waals surface area contributed by atoms with Gasteiger partial charge in [-0.15, -0.1) is 11.3 Å². The number of hydrogen-bond donors (Lipinski definition) is 0. The highest BCUT2D eigenvalue weighted by Gasteiger charge is 2.26. The van der Waals surface area contributed by atoms with Crippen LogP contribution in [0.1, 0.15) is 5.56 Å². The summed E-state index contributed by atoms with van der Waals surface area (Å²) in [6.45, 7) is 0.425. The number of carbonyl (C=O) groups excluding carboxylic acids is 1. The van der Waals surface area contributed by atoms with Gasteiger partial charge in [-0.1, -0.05) is 35.9 Å². The second-order valence-corrected chi connectivity index (χ2v) is 8.40. The number of nitrogens with zero attached hydrogens (tertiary/aromatic N) is 3. The fourth-order valence-electron chi connectivity index (χ4n) is 3.90. The number of anilines is 1. The van der Waals surface area contributed by atoms with E-state index >= 15 is 0 Å². The van der Waals surface area contributed by atoms with Gasteiger partial charge in [0.15, 0.2) is 0 Å². The van der Waals surface area contributed by atoms with Crippen LogP contribution in [0.25, 0.3) is 15.9 Å². The lowest BCUT2D eigenvalue weighted by Crippen LogP contribution is -2.42. The summed E-state index contributed by atoms with van der Waals surface area (Å²) >= 11 is 7.32. The molecule has 0 fully saturated rings. The lowest BCUT2D eigenvalue weighted by atomic mass is 10.2. The number of rotatable bonds is 3. The molecule has 0 radical (unpaired) electrons. The third-order valence-corrected chi connectivity index (χ3v) is 6.43. The van der Waals surface area contributed by atoms with Crippen molar-refractivity contribution in [1.82, 2.24) is 9.13 Å². The van der Waals surface area contributed by atoms with Gasteiger partial charge in [-0.05, 0) is 47.7 Å². The molecule has 4 aromatic rings. The summed E-state index contributed by atoms with van der Waals surface area (Å²) in [5, 5.41) is 2.17. The number of halogens is 1. The molecule has 0 saturated heterocycles. The van der Waals surface area contributed by atoms with Crippen molar-refractivity contribution in [2.45, 2.75) is 13.0 Å². The smallest absolute Gasteiger partial charge is 0.310 e. The molecule has 1 amide bonds. The minimum atomic E-state index is -0.561. The predicted molar refractivity (Wildman–Crippen MR) is 119 cm³/mol. The van der Waals surface area contributed by atoms with Crippen molar-refractivity contribution in [3.05, 3.63) is 91.4 Å². The Labute approximate surface area is 180 Å². The third-order valence-electron chi connectivity index (χ3n) is 5.30. The second kappa shape index (κ2) is 7.27. The topological polar surface area (TPSA) is 64.3 Å². The molecule has 30 heavy (non-hydrogen) atoms. The highest BCUT2D eigenvalue weighted by Crippen LogP contribution is 2.28. The van der Waals surface area contributed by atoms with Crippen LogP contribution in [0.2, 0.25) is 5.02 Å². The van der Waals surface area contributed by atoms with Crippen molar-refractivity contribution in [3.63, 3.8) is 0 Å². The summed E-state index contributed by atoms with van der Waals surface area (Å²) in [5.74, 6) is -0.189. The number of carbonyl (C=O) groups is 1. The zero-order valence-corrected chi connectivity index (χ0v) is 17.3. The molecule has 150 valence electrons. The van der Waals surface area contributed by atoms with Gasteiger partial charge in [0, 0.05) is 17.3 Å². The maximum atomic E-state index is 13.3. The van der Waals surface area contributed by atoms with Gasteiger partial charge in [-0.2, -0.15) is 0 Å². The molecular formula is C22H16ClN3O3S. The zero-order valence-electron chi connectivity index (χ0n) is 15.7. The number of thiophene rings is 1. The van der Waals surface area contributed by atoms with Crippen LogP contribution in [0.4, 0.5) is 5.69 Å². The van der Waals surface area contributed by atoms with E-state index in [1.165, 1.54) is 15.9 Å². The Kier molecular flexibility index (Phi) is 4.56. The van der Waals surface area contributed by atoms with Crippen LogP contribution in [0.3, 0.4) is 0 Å². The van der Waals surface area contributed by atoms with Crippen LogP contribution in [-0.4, -0.2) is 21.6 Å². The van der Waals surface area contributed by atoms with Gasteiger partial charge in [-0.25, -0.2) is 9.36 Å². The van der Waals surface area contributed by atoms with Gasteiger partial charge in [0.05, 0.1) is 11.2 Å². The molecule has 0 saturated carbocycles. The Morgan fingerprint density at radius 2 is 1.90 bits per heavy atom. The van der Waals surface area contributed by atoms with Gasteiger partial charge in [0.25, 0.3) is 5.56 Å². The first-order valence-corrected chi connectivity index (χ1v) is 10.7. The van der Waals surface area contributed by atoms with E-state index in [-0.39, 0.29) is 12.5 Å². The lowest BCUT2D eigenvalue weighted by Gasteiger charge is -2.19. The molecule has 1 aliphatic heterocycles. The maximum absolute atomic E-state index is 13.3. The van der Waals surface area contributed by atoms with Crippen molar-refractivity contribution >= 4 is 44.7 Å². The molecule has 5 rings (SSSR count). The minimum Gasteiger partial charge on any atom is -0.310 e. The van der Waals surface area contributed by atoms with Crippen LogP contribution < -0.4 is 16.1 Å². The molecule has 2 aromatic heterocycles.